The number of carbonyl (C=O) groups is 1. The molecule has 1 aliphatic rings. The first-order chi connectivity index (χ1) is 9.90. The van der Waals surface area contributed by atoms with Crippen LogP contribution in [0.25, 0.3) is 0 Å². The Morgan fingerprint density at radius 1 is 1.38 bits per heavy atom. The number of nitrogens with zero attached hydrogens (tertiary/aromatic N) is 2. The maximum Gasteiger partial charge on any atom is 0.222 e. The van der Waals surface area contributed by atoms with Crippen molar-refractivity contribution in [2.24, 2.45) is 11.8 Å². The number of amides is 1. The average molecular weight is 289 g/mol. The minimum atomic E-state index is 0.249. The first-order valence-corrected chi connectivity index (χ1v) is 7.88. The Labute approximate surface area is 127 Å². The van der Waals surface area contributed by atoms with E-state index in [1.165, 1.54) is 0 Å². The molecule has 0 bridgehead atoms. The van der Waals surface area contributed by atoms with Gasteiger partial charge in [0.25, 0.3) is 0 Å². The van der Waals surface area contributed by atoms with Crippen LogP contribution < -0.4 is 5.73 Å². The van der Waals surface area contributed by atoms with Gasteiger partial charge in [-0.15, -0.1) is 0 Å². The Hall–Kier alpha value is -1.58. The monoisotopic (exact) mass is 289 g/mol. The third-order valence-electron chi connectivity index (χ3n) is 4.81. The maximum absolute atomic E-state index is 12.3. The second-order valence-corrected chi connectivity index (χ2v) is 6.57. The minimum Gasteiger partial charge on any atom is -0.398 e. The molecule has 0 radical (unpaired) electrons. The first kappa shape index (κ1) is 15.8. The molecular formula is C17H27N3O. The van der Waals surface area contributed by atoms with Crippen LogP contribution in [0.2, 0.25) is 0 Å². The predicted octanol–water partition coefficient (Wildman–Crippen LogP) is 3.07. The SMILES string of the molecule is Cc1cnc(CN2CCC(C(C)C)CCC2=O)c(C)c1N. The zero-order chi connectivity index (χ0) is 15.6. The molecule has 1 aromatic rings. The number of nitrogens with two attached hydrogens (primary N) is 1. The van der Waals surface area contributed by atoms with Crippen molar-refractivity contribution in [1.82, 2.24) is 9.88 Å². The molecule has 21 heavy (non-hydrogen) atoms. The topological polar surface area (TPSA) is 59.2 Å². The van der Waals surface area contributed by atoms with Gasteiger partial charge < -0.3 is 10.6 Å². The van der Waals surface area contributed by atoms with Crippen LogP contribution in [0.5, 0.6) is 0 Å². The lowest BCUT2D eigenvalue weighted by Gasteiger charge is -2.22. The molecule has 116 valence electrons. The number of hydrogen-bond donors (Lipinski definition) is 1. The van der Waals surface area contributed by atoms with Gasteiger partial charge in [0.05, 0.1) is 12.2 Å². The third kappa shape index (κ3) is 3.55. The number of aromatic nitrogens is 1. The fourth-order valence-electron chi connectivity index (χ4n) is 3.02. The molecule has 0 aromatic carbocycles. The molecule has 1 atom stereocenters. The molecule has 2 heterocycles. The van der Waals surface area contributed by atoms with Gasteiger partial charge in [0, 0.05) is 24.8 Å². The van der Waals surface area contributed by atoms with Crippen LogP contribution in [0.1, 0.15) is 49.9 Å². The van der Waals surface area contributed by atoms with Crippen molar-refractivity contribution in [3.63, 3.8) is 0 Å². The summed E-state index contributed by atoms with van der Waals surface area (Å²) in [6.07, 6.45) is 4.55. The largest absolute Gasteiger partial charge is 0.398 e. The van der Waals surface area contributed by atoms with Crippen molar-refractivity contribution in [3.05, 3.63) is 23.0 Å². The second kappa shape index (κ2) is 6.46. The van der Waals surface area contributed by atoms with Crippen LogP contribution in [-0.2, 0) is 11.3 Å². The van der Waals surface area contributed by atoms with Crippen LogP contribution in [0, 0.1) is 25.7 Å². The van der Waals surface area contributed by atoms with E-state index in [2.05, 4.69) is 18.8 Å². The van der Waals surface area contributed by atoms with Crippen LogP contribution >= 0.6 is 0 Å². The van der Waals surface area contributed by atoms with E-state index in [0.29, 0.717) is 24.8 Å². The highest BCUT2D eigenvalue weighted by atomic mass is 16.2. The zero-order valence-electron chi connectivity index (χ0n) is 13.6. The number of anilines is 1. The van der Waals surface area contributed by atoms with Gasteiger partial charge in [-0.25, -0.2) is 0 Å². The summed E-state index contributed by atoms with van der Waals surface area (Å²) in [7, 11) is 0. The van der Waals surface area contributed by atoms with Crippen molar-refractivity contribution >= 4 is 11.6 Å². The third-order valence-corrected chi connectivity index (χ3v) is 4.81. The van der Waals surface area contributed by atoms with E-state index in [1.54, 1.807) is 6.20 Å². The van der Waals surface area contributed by atoms with Crippen LogP contribution in [-0.4, -0.2) is 22.3 Å². The van der Waals surface area contributed by atoms with Crippen LogP contribution in [0.3, 0.4) is 0 Å². The molecule has 1 aromatic heterocycles. The fraction of sp³-hybridized carbons (Fsp3) is 0.647. The number of carbonyl (C=O) groups excluding carboxylic acids is 1. The molecule has 2 N–H and O–H groups in total. The highest BCUT2D eigenvalue weighted by Gasteiger charge is 2.25. The fourth-order valence-corrected chi connectivity index (χ4v) is 3.02. The van der Waals surface area contributed by atoms with Crippen molar-refractivity contribution in [2.45, 2.75) is 53.5 Å². The number of rotatable bonds is 3. The summed E-state index contributed by atoms with van der Waals surface area (Å²) in [5.41, 5.74) is 9.80. The summed E-state index contributed by atoms with van der Waals surface area (Å²) in [5, 5.41) is 0. The van der Waals surface area contributed by atoms with Gasteiger partial charge in [0.1, 0.15) is 0 Å². The maximum atomic E-state index is 12.3. The molecule has 0 spiro atoms. The predicted molar refractivity (Wildman–Crippen MR) is 85.7 cm³/mol. The van der Waals surface area contributed by atoms with Gasteiger partial charge in [-0.2, -0.15) is 0 Å². The molecular weight excluding hydrogens is 262 g/mol. The van der Waals surface area contributed by atoms with Crippen molar-refractivity contribution in [3.8, 4) is 0 Å². The Morgan fingerprint density at radius 2 is 2.10 bits per heavy atom. The number of hydrogen-bond acceptors (Lipinski definition) is 3. The van der Waals surface area contributed by atoms with E-state index >= 15 is 0 Å². The van der Waals surface area contributed by atoms with Gasteiger partial charge in [0.2, 0.25) is 5.91 Å². The Kier molecular flexibility index (Phi) is 4.86. The van der Waals surface area contributed by atoms with E-state index in [-0.39, 0.29) is 5.91 Å². The highest BCUT2D eigenvalue weighted by Crippen LogP contribution is 2.26. The normalized spacial score (nSPS) is 20.0. The lowest BCUT2D eigenvalue weighted by Crippen LogP contribution is -2.30. The molecule has 4 heteroatoms. The minimum absolute atomic E-state index is 0.249. The molecule has 1 unspecified atom stereocenters. The standard InChI is InChI=1S/C17H27N3O/c1-11(2)14-5-6-16(21)20(8-7-14)10-15-13(4)17(18)12(3)9-19-15/h9,11,14H,5-8,10H2,1-4H3,(H2,18,19). The van der Waals surface area contributed by atoms with E-state index in [4.69, 9.17) is 5.73 Å². The van der Waals surface area contributed by atoms with E-state index in [0.717, 1.165) is 41.9 Å². The van der Waals surface area contributed by atoms with E-state index < -0.39 is 0 Å². The van der Waals surface area contributed by atoms with Crippen molar-refractivity contribution in [1.29, 1.82) is 0 Å². The summed E-state index contributed by atoms with van der Waals surface area (Å²) in [6, 6.07) is 0. The summed E-state index contributed by atoms with van der Waals surface area (Å²) >= 11 is 0. The molecule has 0 aliphatic carbocycles. The lowest BCUT2D eigenvalue weighted by molar-refractivity contribution is -0.131. The van der Waals surface area contributed by atoms with Gasteiger partial charge >= 0.3 is 0 Å². The van der Waals surface area contributed by atoms with Gasteiger partial charge in [-0.05, 0) is 49.7 Å². The molecule has 0 saturated carbocycles. The summed E-state index contributed by atoms with van der Waals surface area (Å²) in [6.45, 7) is 9.86. The molecule has 1 aliphatic heterocycles. The Balaban J connectivity index is 2.12. The van der Waals surface area contributed by atoms with Crippen molar-refractivity contribution < 1.29 is 4.79 Å². The van der Waals surface area contributed by atoms with Gasteiger partial charge in [-0.3, -0.25) is 9.78 Å². The molecule has 1 amide bonds. The number of pyridine rings is 1. The van der Waals surface area contributed by atoms with Crippen LogP contribution in [0.15, 0.2) is 6.20 Å². The molecule has 4 nitrogen and oxygen atoms in total. The molecule has 1 saturated heterocycles. The Bertz CT molecular complexity index is 525. The van der Waals surface area contributed by atoms with Gasteiger partial charge in [0.15, 0.2) is 0 Å². The molecule has 1 fully saturated rings. The quantitative estimate of drug-likeness (QED) is 0.930. The molecule has 2 rings (SSSR count). The van der Waals surface area contributed by atoms with Crippen molar-refractivity contribution in [2.75, 3.05) is 12.3 Å². The van der Waals surface area contributed by atoms with E-state index in [1.807, 2.05) is 18.7 Å². The van der Waals surface area contributed by atoms with Crippen LogP contribution in [0.4, 0.5) is 5.69 Å². The summed E-state index contributed by atoms with van der Waals surface area (Å²) < 4.78 is 0. The summed E-state index contributed by atoms with van der Waals surface area (Å²) in [5.74, 6) is 1.54. The first-order valence-electron chi connectivity index (χ1n) is 7.88. The second-order valence-electron chi connectivity index (χ2n) is 6.57. The van der Waals surface area contributed by atoms with Gasteiger partial charge in [-0.1, -0.05) is 13.8 Å². The smallest absolute Gasteiger partial charge is 0.222 e. The average Bonchev–Trinajstić information content (AvgIpc) is 2.62. The highest BCUT2D eigenvalue weighted by molar-refractivity contribution is 5.76. The number of likely N-dealkylation sites (tertiary alicyclic amines) is 1. The zero-order valence-corrected chi connectivity index (χ0v) is 13.6. The Morgan fingerprint density at radius 3 is 2.76 bits per heavy atom. The van der Waals surface area contributed by atoms with E-state index in [9.17, 15) is 4.79 Å². The number of aryl methyl sites for hydroxylation is 1. The lowest BCUT2D eigenvalue weighted by atomic mass is 9.89. The number of nitrogen functional groups attached to an aromatic ring is 1. The summed E-state index contributed by atoms with van der Waals surface area (Å²) in [4.78, 5) is 18.7.